The van der Waals surface area contributed by atoms with Crippen LogP contribution in [0.3, 0.4) is 0 Å². The van der Waals surface area contributed by atoms with Crippen molar-refractivity contribution in [2.75, 3.05) is 20.2 Å². The zero-order valence-electron chi connectivity index (χ0n) is 13.8. The lowest BCUT2D eigenvalue weighted by Gasteiger charge is -2.24. The molecule has 126 valence electrons. The maximum absolute atomic E-state index is 13.1. The van der Waals surface area contributed by atoms with Gasteiger partial charge < -0.3 is 14.4 Å². The van der Waals surface area contributed by atoms with Crippen LogP contribution in [0.1, 0.15) is 32.3 Å². The SMILES string of the molecule is COC(=O)C1CN(C(=O)OC(C)(C)C)CC1c1ccc(F)cc1. The summed E-state index contributed by atoms with van der Waals surface area (Å²) in [4.78, 5) is 25.8. The highest BCUT2D eigenvalue weighted by atomic mass is 19.1. The van der Waals surface area contributed by atoms with Gasteiger partial charge in [0.1, 0.15) is 11.4 Å². The van der Waals surface area contributed by atoms with Crippen LogP contribution in [-0.2, 0) is 14.3 Å². The van der Waals surface area contributed by atoms with Crippen molar-refractivity contribution in [2.45, 2.75) is 32.3 Å². The van der Waals surface area contributed by atoms with Gasteiger partial charge in [-0.1, -0.05) is 12.1 Å². The molecule has 2 unspecified atom stereocenters. The van der Waals surface area contributed by atoms with Crippen molar-refractivity contribution in [1.29, 1.82) is 0 Å². The van der Waals surface area contributed by atoms with E-state index in [4.69, 9.17) is 9.47 Å². The number of hydrogen-bond acceptors (Lipinski definition) is 4. The Kier molecular flexibility index (Phi) is 4.92. The van der Waals surface area contributed by atoms with Crippen molar-refractivity contribution in [3.63, 3.8) is 0 Å². The van der Waals surface area contributed by atoms with Gasteiger partial charge in [-0.05, 0) is 38.5 Å². The van der Waals surface area contributed by atoms with Crippen molar-refractivity contribution in [2.24, 2.45) is 5.92 Å². The van der Waals surface area contributed by atoms with Gasteiger partial charge in [0.15, 0.2) is 0 Å². The Morgan fingerprint density at radius 2 is 1.78 bits per heavy atom. The number of hydrogen-bond donors (Lipinski definition) is 0. The number of nitrogens with zero attached hydrogens (tertiary/aromatic N) is 1. The molecule has 2 atom stereocenters. The van der Waals surface area contributed by atoms with Crippen LogP contribution in [-0.4, -0.2) is 42.8 Å². The Labute approximate surface area is 135 Å². The molecule has 1 aliphatic heterocycles. The summed E-state index contributed by atoms with van der Waals surface area (Å²) < 4.78 is 23.3. The molecule has 2 rings (SSSR count). The molecule has 6 heteroatoms. The quantitative estimate of drug-likeness (QED) is 0.785. The highest BCUT2D eigenvalue weighted by Gasteiger charge is 2.42. The van der Waals surface area contributed by atoms with E-state index in [1.165, 1.54) is 24.1 Å². The summed E-state index contributed by atoms with van der Waals surface area (Å²) in [5.74, 6) is -1.45. The van der Waals surface area contributed by atoms with Gasteiger partial charge in [0, 0.05) is 19.0 Å². The number of esters is 1. The van der Waals surface area contributed by atoms with Gasteiger partial charge in [-0.3, -0.25) is 4.79 Å². The van der Waals surface area contributed by atoms with Crippen molar-refractivity contribution < 1.29 is 23.5 Å². The third kappa shape index (κ3) is 4.21. The van der Waals surface area contributed by atoms with Gasteiger partial charge >= 0.3 is 12.1 Å². The lowest BCUT2D eigenvalue weighted by molar-refractivity contribution is -0.145. The molecule has 0 radical (unpaired) electrons. The number of methoxy groups -OCH3 is 1. The molecule has 1 aliphatic rings. The predicted octanol–water partition coefficient (Wildman–Crippen LogP) is 2.95. The van der Waals surface area contributed by atoms with Gasteiger partial charge in [0.25, 0.3) is 0 Å². The highest BCUT2D eigenvalue weighted by molar-refractivity contribution is 5.77. The van der Waals surface area contributed by atoms with E-state index >= 15 is 0 Å². The smallest absolute Gasteiger partial charge is 0.410 e. The number of rotatable bonds is 2. The standard InChI is InChI=1S/C17H22FNO4/c1-17(2,3)23-16(21)19-9-13(14(10-19)15(20)22-4)11-5-7-12(18)8-6-11/h5-8,13-14H,9-10H2,1-4H3. The van der Waals surface area contributed by atoms with E-state index in [9.17, 15) is 14.0 Å². The summed E-state index contributed by atoms with van der Waals surface area (Å²) in [5, 5.41) is 0. The molecule has 0 saturated carbocycles. The third-order valence-electron chi connectivity index (χ3n) is 3.77. The summed E-state index contributed by atoms with van der Waals surface area (Å²) in [7, 11) is 1.32. The molecule has 1 saturated heterocycles. The molecule has 1 aromatic carbocycles. The lowest BCUT2D eigenvalue weighted by atomic mass is 9.89. The van der Waals surface area contributed by atoms with Crippen LogP contribution < -0.4 is 0 Å². The molecule has 5 nitrogen and oxygen atoms in total. The first-order chi connectivity index (χ1) is 10.7. The van der Waals surface area contributed by atoms with Gasteiger partial charge in [-0.15, -0.1) is 0 Å². The third-order valence-corrected chi connectivity index (χ3v) is 3.77. The van der Waals surface area contributed by atoms with E-state index in [1.54, 1.807) is 32.9 Å². The van der Waals surface area contributed by atoms with Gasteiger partial charge in [-0.2, -0.15) is 0 Å². The van der Waals surface area contributed by atoms with E-state index in [0.717, 1.165) is 5.56 Å². The predicted molar refractivity (Wildman–Crippen MR) is 82.5 cm³/mol. The molecule has 1 amide bonds. The van der Waals surface area contributed by atoms with Gasteiger partial charge in [0.05, 0.1) is 13.0 Å². The molecule has 23 heavy (non-hydrogen) atoms. The van der Waals surface area contributed by atoms with Crippen molar-refractivity contribution in [3.8, 4) is 0 Å². The second-order valence-corrected chi connectivity index (χ2v) is 6.67. The van der Waals surface area contributed by atoms with Crippen LogP contribution in [0.2, 0.25) is 0 Å². The summed E-state index contributed by atoms with van der Waals surface area (Å²) in [6.07, 6.45) is -0.462. The first-order valence-electron chi connectivity index (χ1n) is 7.52. The fourth-order valence-corrected chi connectivity index (χ4v) is 2.72. The second-order valence-electron chi connectivity index (χ2n) is 6.67. The van der Waals surface area contributed by atoms with E-state index in [-0.39, 0.29) is 24.2 Å². The molecule has 1 fully saturated rings. The molecule has 0 aliphatic carbocycles. The minimum Gasteiger partial charge on any atom is -0.469 e. The molecular weight excluding hydrogens is 301 g/mol. The second kappa shape index (κ2) is 6.56. The Bertz CT molecular complexity index is 579. The average Bonchev–Trinajstić information content (AvgIpc) is 2.91. The van der Waals surface area contributed by atoms with Crippen LogP contribution in [0.15, 0.2) is 24.3 Å². The number of ether oxygens (including phenoxy) is 2. The summed E-state index contributed by atoms with van der Waals surface area (Å²) in [5.41, 5.74) is 0.194. The highest BCUT2D eigenvalue weighted by Crippen LogP contribution is 2.34. The molecule has 1 heterocycles. The Morgan fingerprint density at radius 3 is 2.30 bits per heavy atom. The number of carbonyl (C=O) groups is 2. The minimum atomic E-state index is -0.605. The zero-order chi connectivity index (χ0) is 17.2. The monoisotopic (exact) mass is 323 g/mol. The topological polar surface area (TPSA) is 55.8 Å². The molecule has 0 bridgehead atoms. The number of benzene rings is 1. The Morgan fingerprint density at radius 1 is 1.17 bits per heavy atom. The molecule has 0 spiro atoms. The van der Waals surface area contributed by atoms with Crippen LogP contribution >= 0.6 is 0 Å². The van der Waals surface area contributed by atoms with Crippen LogP contribution in [0, 0.1) is 11.7 Å². The fraction of sp³-hybridized carbons (Fsp3) is 0.529. The van der Waals surface area contributed by atoms with Crippen LogP contribution in [0.25, 0.3) is 0 Å². The summed E-state index contributed by atoms with van der Waals surface area (Å²) in [6.45, 7) is 5.92. The molecule has 0 N–H and O–H groups in total. The first-order valence-corrected chi connectivity index (χ1v) is 7.52. The van der Waals surface area contributed by atoms with E-state index in [2.05, 4.69) is 0 Å². The summed E-state index contributed by atoms with van der Waals surface area (Å²) in [6, 6.07) is 5.96. The number of likely N-dealkylation sites (tertiary alicyclic amines) is 1. The number of carbonyl (C=O) groups excluding carboxylic acids is 2. The van der Waals surface area contributed by atoms with Gasteiger partial charge in [0.2, 0.25) is 0 Å². The Balaban J connectivity index is 2.20. The van der Waals surface area contributed by atoms with Crippen molar-refractivity contribution in [1.82, 2.24) is 4.90 Å². The van der Waals surface area contributed by atoms with Crippen LogP contribution in [0.4, 0.5) is 9.18 Å². The largest absolute Gasteiger partial charge is 0.469 e. The molecule has 1 aromatic rings. The van der Waals surface area contributed by atoms with Crippen molar-refractivity contribution >= 4 is 12.1 Å². The normalized spacial score (nSPS) is 21.2. The minimum absolute atomic E-state index is 0.226. The molecule has 0 aromatic heterocycles. The zero-order valence-corrected chi connectivity index (χ0v) is 13.8. The number of amides is 1. The fourth-order valence-electron chi connectivity index (χ4n) is 2.72. The van der Waals surface area contributed by atoms with E-state index in [1.807, 2.05) is 0 Å². The average molecular weight is 323 g/mol. The maximum Gasteiger partial charge on any atom is 0.410 e. The lowest BCUT2D eigenvalue weighted by Crippen LogP contribution is -2.36. The molecular formula is C17H22FNO4. The van der Waals surface area contributed by atoms with Crippen LogP contribution in [0.5, 0.6) is 0 Å². The maximum atomic E-state index is 13.1. The van der Waals surface area contributed by atoms with Crippen molar-refractivity contribution in [3.05, 3.63) is 35.6 Å². The van der Waals surface area contributed by atoms with E-state index in [0.29, 0.717) is 6.54 Å². The number of halogens is 1. The Hall–Kier alpha value is -2.11. The van der Waals surface area contributed by atoms with Gasteiger partial charge in [-0.25, -0.2) is 9.18 Å². The summed E-state index contributed by atoms with van der Waals surface area (Å²) >= 11 is 0. The first kappa shape index (κ1) is 17.2. The van der Waals surface area contributed by atoms with E-state index < -0.39 is 17.6 Å².